The lowest BCUT2D eigenvalue weighted by Gasteiger charge is -2.13. The number of rotatable bonds is 2. The molecule has 0 saturated carbocycles. The standard InChI is InChI=1S/C17H15N3O2/c1-22-12-5-2-4-11(10-12)14-15-13(6-3-7-18-15)17(21)20-9-8-19-16(14)20/h2-7,10,19H,8-9H2,1H3. The second-order valence-electron chi connectivity index (χ2n) is 5.24. The lowest BCUT2D eigenvalue weighted by molar-refractivity contribution is 0.415. The van der Waals surface area contributed by atoms with Crippen LogP contribution in [-0.4, -0.2) is 23.2 Å². The van der Waals surface area contributed by atoms with E-state index in [9.17, 15) is 4.79 Å². The van der Waals surface area contributed by atoms with Gasteiger partial charge in [-0.1, -0.05) is 12.1 Å². The Morgan fingerprint density at radius 2 is 2.18 bits per heavy atom. The van der Waals surface area contributed by atoms with Crippen LogP contribution < -0.4 is 15.6 Å². The second-order valence-corrected chi connectivity index (χ2v) is 5.24. The van der Waals surface area contributed by atoms with E-state index in [0.29, 0.717) is 11.9 Å². The number of nitrogens with one attached hydrogen (secondary N) is 1. The van der Waals surface area contributed by atoms with Crippen molar-refractivity contribution in [2.75, 3.05) is 19.0 Å². The van der Waals surface area contributed by atoms with Gasteiger partial charge in [-0.3, -0.25) is 14.3 Å². The van der Waals surface area contributed by atoms with E-state index in [0.717, 1.165) is 34.8 Å². The monoisotopic (exact) mass is 293 g/mol. The van der Waals surface area contributed by atoms with Crippen LogP contribution in [0.3, 0.4) is 0 Å². The molecule has 3 aromatic rings. The van der Waals surface area contributed by atoms with E-state index < -0.39 is 0 Å². The van der Waals surface area contributed by atoms with Gasteiger partial charge in [0.15, 0.2) is 0 Å². The van der Waals surface area contributed by atoms with Crippen LogP contribution in [0.4, 0.5) is 5.82 Å². The van der Waals surface area contributed by atoms with Gasteiger partial charge in [0.1, 0.15) is 11.6 Å². The third-order valence-electron chi connectivity index (χ3n) is 4.01. The number of methoxy groups -OCH3 is 1. The topological polar surface area (TPSA) is 56.2 Å². The number of aromatic nitrogens is 2. The molecule has 0 atom stereocenters. The average molecular weight is 293 g/mol. The number of anilines is 1. The number of hydrogen-bond donors (Lipinski definition) is 1. The third kappa shape index (κ3) is 1.79. The fraction of sp³-hybridized carbons (Fsp3) is 0.176. The Morgan fingerprint density at radius 1 is 1.27 bits per heavy atom. The van der Waals surface area contributed by atoms with Crippen molar-refractivity contribution in [3.63, 3.8) is 0 Å². The molecule has 0 spiro atoms. The zero-order valence-electron chi connectivity index (χ0n) is 12.2. The summed E-state index contributed by atoms with van der Waals surface area (Å²) in [5, 5.41) is 3.97. The molecule has 1 aromatic carbocycles. The van der Waals surface area contributed by atoms with E-state index in [4.69, 9.17) is 4.74 Å². The highest BCUT2D eigenvalue weighted by Gasteiger charge is 2.22. The van der Waals surface area contributed by atoms with Crippen LogP contribution >= 0.6 is 0 Å². The summed E-state index contributed by atoms with van der Waals surface area (Å²) in [6, 6.07) is 11.5. The van der Waals surface area contributed by atoms with Crippen LogP contribution in [0.15, 0.2) is 47.4 Å². The molecule has 4 rings (SSSR count). The van der Waals surface area contributed by atoms with Crippen molar-refractivity contribution in [1.82, 2.24) is 9.55 Å². The molecule has 1 N–H and O–H groups in total. The van der Waals surface area contributed by atoms with Crippen LogP contribution in [0, 0.1) is 0 Å². The van der Waals surface area contributed by atoms with E-state index in [1.54, 1.807) is 23.9 Å². The van der Waals surface area contributed by atoms with Crippen molar-refractivity contribution in [3.05, 3.63) is 52.9 Å². The second kappa shape index (κ2) is 4.87. The van der Waals surface area contributed by atoms with Crippen molar-refractivity contribution in [2.45, 2.75) is 6.54 Å². The molecule has 0 amide bonds. The maximum atomic E-state index is 12.6. The molecule has 22 heavy (non-hydrogen) atoms. The Balaban J connectivity index is 2.13. The van der Waals surface area contributed by atoms with Crippen LogP contribution in [0.25, 0.3) is 22.0 Å². The lowest BCUT2D eigenvalue weighted by Crippen LogP contribution is -2.19. The summed E-state index contributed by atoms with van der Waals surface area (Å²) >= 11 is 0. The van der Waals surface area contributed by atoms with Gasteiger partial charge >= 0.3 is 0 Å². The van der Waals surface area contributed by atoms with Crippen LogP contribution in [0.2, 0.25) is 0 Å². The van der Waals surface area contributed by atoms with Crippen molar-refractivity contribution < 1.29 is 4.74 Å². The van der Waals surface area contributed by atoms with Gasteiger partial charge in [-0.2, -0.15) is 0 Å². The minimum Gasteiger partial charge on any atom is -0.497 e. The number of nitrogens with zero attached hydrogens (tertiary/aromatic N) is 2. The first kappa shape index (κ1) is 12.9. The fourth-order valence-electron chi connectivity index (χ4n) is 3.01. The lowest BCUT2D eigenvalue weighted by atomic mass is 10.0. The number of pyridine rings is 2. The number of fused-ring (bicyclic) bond motifs is 2. The van der Waals surface area contributed by atoms with Gasteiger partial charge in [0.2, 0.25) is 0 Å². The smallest absolute Gasteiger partial charge is 0.261 e. The predicted molar refractivity (Wildman–Crippen MR) is 86.5 cm³/mol. The molecule has 0 bridgehead atoms. The summed E-state index contributed by atoms with van der Waals surface area (Å²) in [4.78, 5) is 17.0. The van der Waals surface area contributed by atoms with E-state index in [2.05, 4.69) is 10.3 Å². The Labute approximate surface area is 127 Å². The largest absolute Gasteiger partial charge is 0.497 e. The quantitative estimate of drug-likeness (QED) is 0.788. The van der Waals surface area contributed by atoms with E-state index in [1.807, 2.05) is 30.3 Å². The summed E-state index contributed by atoms with van der Waals surface area (Å²) in [5.41, 5.74) is 2.67. The van der Waals surface area contributed by atoms with Gasteiger partial charge in [0, 0.05) is 24.8 Å². The van der Waals surface area contributed by atoms with Gasteiger partial charge in [0.25, 0.3) is 5.56 Å². The van der Waals surface area contributed by atoms with Crippen molar-refractivity contribution in [1.29, 1.82) is 0 Å². The summed E-state index contributed by atoms with van der Waals surface area (Å²) in [7, 11) is 1.65. The Hall–Kier alpha value is -2.82. The summed E-state index contributed by atoms with van der Waals surface area (Å²) < 4.78 is 7.11. The molecule has 0 radical (unpaired) electrons. The van der Waals surface area contributed by atoms with Crippen molar-refractivity contribution >= 4 is 16.7 Å². The Morgan fingerprint density at radius 3 is 3.05 bits per heavy atom. The minimum absolute atomic E-state index is 0.00902. The molecule has 0 aliphatic carbocycles. The van der Waals surface area contributed by atoms with Crippen LogP contribution in [0.5, 0.6) is 5.75 Å². The molecule has 0 saturated heterocycles. The SMILES string of the molecule is COc1cccc(-c2c3n(c(=O)c4cccnc24)CCN3)c1. The zero-order chi connectivity index (χ0) is 15.1. The maximum absolute atomic E-state index is 12.6. The van der Waals surface area contributed by atoms with Gasteiger partial charge in [0.05, 0.1) is 18.0 Å². The molecule has 110 valence electrons. The molecule has 0 fully saturated rings. The molecule has 1 aliphatic rings. The van der Waals surface area contributed by atoms with E-state index in [1.165, 1.54) is 0 Å². The molecule has 1 aliphatic heterocycles. The summed E-state index contributed by atoms with van der Waals surface area (Å²) in [6.07, 6.45) is 1.72. The molecule has 5 heteroatoms. The predicted octanol–water partition coefficient (Wildman–Crippen LogP) is 2.50. The highest BCUT2D eigenvalue weighted by molar-refractivity contribution is 5.99. The first-order valence-electron chi connectivity index (χ1n) is 7.19. The van der Waals surface area contributed by atoms with Gasteiger partial charge in [-0.15, -0.1) is 0 Å². The fourth-order valence-corrected chi connectivity index (χ4v) is 3.01. The molecule has 2 aromatic heterocycles. The first-order valence-corrected chi connectivity index (χ1v) is 7.19. The minimum atomic E-state index is 0.00902. The molecule has 0 unspecified atom stereocenters. The van der Waals surface area contributed by atoms with Crippen molar-refractivity contribution in [3.8, 4) is 16.9 Å². The Bertz CT molecular complexity index is 931. The zero-order valence-corrected chi connectivity index (χ0v) is 12.2. The van der Waals surface area contributed by atoms with Gasteiger partial charge in [-0.25, -0.2) is 0 Å². The first-order chi connectivity index (χ1) is 10.8. The number of hydrogen-bond acceptors (Lipinski definition) is 4. The molecular formula is C17H15N3O2. The number of benzene rings is 1. The van der Waals surface area contributed by atoms with Gasteiger partial charge in [-0.05, 0) is 29.8 Å². The van der Waals surface area contributed by atoms with Crippen LogP contribution in [-0.2, 0) is 6.54 Å². The molecule has 3 heterocycles. The summed E-state index contributed by atoms with van der Waals surface area (Å²) in [5.74, 6) is 1.62. The highest BCUT2D eigenvalue weighted by Crippen LogP contribution is 2.35. The number of ether oxygens (including phenoxy) is 1. The average Bonchev–Trinajstić information content (AvgIpc) is 3.05. The van der Waals surface area contributed by atoms with Crippen LogP contribution in [0.1, 0.15) is 0 Å². The highest BCUT2D eigenvalue weighted by atomic mass is 16.5. The van der Waals surface area contributed by atoms with E-state index in [-0.39, 0.29) is 5.56 Å². The molecular weight excluding hydrogens is 278 g/mol. The molecule has 5 nitrogen and oxygen atoms in total. The van der Waals surface area contributed by atoms with Gasteiger partial charge < -0.3 is 10.1 Å². The van der Waals surface area contributed by atoms with Crippen molar-refractivity contribution in [2.24, 2.45) is 0 Å². The van der Waals surface area contributed by atoms with E-state index >= 15 is 0 Å². The normalized spacial score (nSPS) is 13.0. The Kier molecular flexibility index (Phi) is 2.85. The third-order valence-corrected chi connectivity index (χ3v) is 4.01. The maximum Gasteiger partial charge on any atom is 0.261 e. The summed E-state index contributed by atoms with van der Waals surface area (Å²) in [6.45, 7) is 1.43.